The number of amides is 1. The molecule has 3 rings (SSSR count). The summed E-state index contributed by atoms with van der Waals surface area (Å²) in [6, 6.07) is 14.6. The number of nitrogens with one attached hydrogen (secondary N) is 1. The van der Waals surface area contributed by atoms with Crippen LogP contribution in [0.1, 0.15) is 15.9 Å². The van der Waals surface area contributed by atoms with Gasteiger partial charge in [0.25, 0.3) is 5.91 Å². The van der Waals surface area contributed by atoms with Crippen LogP contribution in [-0.4, -0.2) is 31.7 Å². The average Bonchev–Trinajstić information content (AvgIpc) is 2.67. The Morgan fingerprint density at radius 1 is 1.12 bits per heavy atom. The highest BCUT2D eigenvalue weighted by Gasteiger charge is 2.13. The van der Waals surface area contributed by atoms with E-state index in [1.54, 1.807) is 20.3 Å². The topological polar surface area (TPSA) is 60.5 Å². The van der Waals surface area contributed by atoms with Crippen molar-refractivity contribution in [3.05, 3.63) is 64.8 Å². The van der Waals surface area contributed by atoms with Gasteiger partial charge in [0.1, 0.15) is 16.7 Å². The molecule has 0 atom stereocenters. The van der Waals surface area contributed by atoms with E-state index in [2.05, 4.69) is 10.3 Å². The van der Waals surface area contributed by atoms with Gasteiger partial charge in [-0.1, -0.05) is 29.8 Å². The molecule has 0 saturated heterocycles. The number of benzene rings is 2. The van der Waals surface area contributed by atoms with Gasteiger partial charge in [0.05, 0.1) is 25.3 Å². The van der Waals surface area contributed by atoms with Crippen LogP contribution in [0.2, 0.25) is 5.15 Å². The standard InChI is InChI=1S/C20H19ClN2O3/c1-25-14-7-8-18(26-2)13(11-14)9-10-22-20(24)16-12-19(21)23-17-6-4-3-5-15(16)17/h3-8,11-12H,9-10H2,1-2H3,(H,22,24). The quantitative estimate of drug-likeness (QED) is 0.669. The number of rotatable bonds is 6. The summed E-state index contributed by atoms with van der Waals surface area (Å²) in [5.41, 5.74) is 2.17. The highest BCUT2D eigenvalue weighted by Crippen LogP contribution is 2.24. The maximum absolute atomic E-state index is 12.6. The van der Waals surface area contributed by atoms with Crippen molar-refractivity contribution in [2.45, 2.75) is 6.42 Å². The number of fused-ring (bicyclic) bond motifs is 1. The number of carbonyl (C=O) groups excluding carboxylic acids is 1. The van der Waals surface area contributed by atoms with Crippen molar-refractivity contribution in [1.29, 1.82) is 0 Å². The molecule has 0 unspecified atom stereocenters. The Hall–Kier alpha value is -2.79. The molecule has 134 valence electrons. The monoisotopic (exact) mass is 370 g/mol. The molecule has 5 nitrogen and oxygen atoms in total. The molecule has 0 spiro atoms. The van der Waals surface area contributed by atoms with Gasteiger partial charge >= 0.3 is 0 Å². The van der Waals surface area contributed by atoms with E-state index in [0.29, 0.717) is 29.2 Å². The number of ether oxygens (including phenoxy) is 2. The van der Waals surface area contributed by atoms with Gasteiger partial charge in [0, 0.05) is 11.9 Å². The number of para-hydroxylation sites is 1. The summed E-state index contributed by atoms with van der Waals surface area (Å²) in [6.07, 6.45) is 0.614. The predicted molar refractivity (Wildman–Crippen MR) is 102 cm³/mol. The second-order valence-corrected chi connectivity index (χ2v) is 6.08. The minimum atomic E-state index is -0.188. The van der Waals surface area contributed by atoms with Crippen molar-refractivity contribution in [3.63, 3.8) is 0 Å². The van der Waals surface area contributed by atoms with Crippen LogP contribution >= 0.6 is 11.6 Å². The number of nitrogens with zero attached hydrogens (tertiary/aromatic N) is 1. The average molecular weight is 371 g/mol. The molecule has 0 aliphatic heterocycles. The third-order valence-corrected chi connectivity index (χ3v) is 4.29. The molecule has 1 heterocycles. The fourth-order valence-electron chi connectivity index (χ4n) is 2.81. The lowest BCUT2D eigenvalue weighted by molar-refractivity contribution is 0.0955. The Kier molecular flexibility index (Phi) is 5.58. The van der Waals surface area contributed by atoms with Gasteiger partial charge in [-0.2, -0.15) is 0 Å². The molecule has 26 heavy (non-hydrogen) atoms. The third-order valence-electron chi connectivity index (χ3n) is 4.10. The van der Waals surface area contributed by atoms with Crippen molar-refractivity contribution in [2.24, 2.45) is 0 Å². The van der Waals surface area contributed by atoms with Crippen LogP contribution in [0.15, 0.2) is 48.5 Å². The first-order valence-electron chi connectivity index (χ1n) is 8.16. The van der Waals surface area contributed by atoms with Crippen molar-refractivity contribution in [2.75, 3.05) is 20.8 Å². The van der Waals surface area contributed by atoms with Gasteiger partial charge < -0.3 is 14.8 Å². The first-order chi connectivity index (χ1) is 12.6. The van der Waals surface area contributed by atoms with Crippen molar-refractivity contribution in [1.82, 2.24) is 10.3 Å². The van der Waals surface area contributed by atoms with Crippen LogP contribution in [-0.2, 0) is 6.42 Å². The lowest BCUT2D eigenvalue weighted by Gasteiger charge is -2.12. The largest absolute Gasteiger partial charge is 0.497 e. The molecule has 0 fully saturated rings. The Morgan fingerprint density at radius 3 is 2.69 bits per heavy atom. The Balaban J connectivity index is 1.74. The van der Waals surface area contributed by atoms with Gasteiger partial charge in [0.15, 0.2) is 0 Å². The number of hydrogen-bond donors (Lipinski definition) is 1. The van der Waals surface area contributed by atoms with E-state index in [4.69, 9.17) is 21.1 Å². The van der Waals surface area contributed by atoms with Crippen LogP contribution < -0.4 is 14.8 Å². The smallest absolute Gasteiger partial charge is 0.252 e. The number of aromatic nitrogens is 1. The van der Waals surface area contributed by atoms with Crippen LogP contribution in [0.5, 0.6) is 11.5 Å². The number of pyridine rings is 1. The molecule has 2 aromatic carbocycles. The molecule has 1 amide bonds. The molecule has 1 N–H and O–H groups in total. The summed E-state index contributed by atoms with van der Waals surface area (Å²) in [4.78, 5) is 16.9. The third kappa shape index (κ3) is 3.89. The van der Waals surface area contributed by atoms with Crippen molar-refractivity contribution >= 4 is 28.4 Å². The van der Waals surface area contributed by atoms with Crippen molar-refractivity contribution < 1.29 is 14.3 Å². The van der Waals surface area contributed by atoms with Gasteiger partial charge in [-0.15, -0.1) is 0 Å². The zero-order valence-corrected chi connectivity index (χ0v) is 15.3. The second-order valence-electron chi connectivity index (χ2n) is 5.69. The fourth-order valence-corrected chi connectivity index (χ4v) is 3.01. The molecule has 0 saturated carbocycles. The molecule has 6 heteroatoms. The predicted octanol–water partition coefficient (Wildman–Crippen LogP) is 3.88. The summed E-state index contributed by atoms with van der Waals surface area (Å²) in [7, 11) is 3.24. The number of carbonyl (C=O) groups is 1. The maximum atomic E-state index is 12.6. The van der Waals surface area contributed by atoms with E-state index in [9.17, 15) is 4.79 Å². The molecule has 1 aromatic heterocycles. The first kappa shape index (κ1) is 18.0. The van der Waals surface area contributed by atoms with Gasteiger partial charge in [0.2, 0.25) is 0 Å². The molecule has 0 aliphatic rings. The van der Waals surface area contributed by atoms with Crippen LogP contribution in [0.25, 0.3) is 10.9 Å². The van der Waals surface area contributed by atoms with Gasteiger partial charge in [-0.3, -0.25) is 4.79 Å². The number of hydrogen-bond acceptors (Lipinski definition) is 4. The second kappa shape index (κ2) is 8.06. The minimum absolute atomic E-state index is 0.188. The Labute approximate surface area is 156 Å². The molecular weight excluding hydrogens is 352 g/mol. The number of methoxy groups -OCH3 is 2. The summed E-state index contributed by atoms with van der Waals surface area (Å²) in [5.74, 6) is 1.32. The zero-order chi connectivity index (χ0) is 18.5. The fraction of sp³-hybridized carbons (Fsp3) is 0.200. The van der Waals surface area contributed by atoms with E-state index < -0.39 is 0 Å². The van der Waals surface area contributed by atoms with E-state index in [-0.39, 0.29) is 5.91 Å². The zero-order valence-electron chi connectivity index (χ0n) is 14.6. The van der Waals surface area contributed by atoms with Crippen molar-refractivity contribution in [3.8, 4) is 11.5 Å². The first-order valence-corrected chi connectivity index (χ1v) is 8.54. The molecule has 0 radical (unpaired) electrons. The highest BCUT2D eigenvalue weighted by molar-refractivity contribution is 6.30. The molecule has 0 aliphatic carbocycles. The van der Waals surface area contributed by atoms with Gasteiger partial charge in [-0.05, 0) is 42.3 Å². The van der Waals surface area contributed by atoms with Crippen LogP contribution in [0, 0.1) is 0 Å². The molecular formula is C20H19ClN2O3. The summed E-state index contributed by atoms with van der Waals surface area (Å²) >= 11 is 6.05. The lowest BCUT2D eigenvalue weighted by Crippen LogP contribution is -2.26. The SMILES string of the molecule is COc1ccc(OC)c(CCNC(=O)c2cc(Cl)nc3ccccc23)c1. The minimum Gasteiger partial charge on any atom is -0.497 e. The lowest BCUT2D eigenvalue weighted by atomic mass is 10.1. The summed E-state index contributed by atoms with van der Waals surface area (Å²) in [6.45, 7) is 0.455. The van der Waals surface area contributed by atoms with Crippen LogP contribution in [0.3, 0.4) is 0 Å². The van der Waals surface area contributed by atoms with E-state index in [1.165, 1.54) is 0 Å². The Bertz CT molecular complexity index is 943. The highest BCUT2D eigenvalue weighted by atomic mass is 35.5. The summed E-state index contributed by atoms with van der Waals surface area (Å²) in [5, 5.41) is 4.00. The van der Waals surface area contributed by atoms with Gasteiger partial charge in [-0.25, -0.2) is 4.98 Å². The normalized spacial score (nSPS) is 10.6. The van der Waals surface area contributed by atoms with Crippen LogP contribution in [0.4, 0.5) is 0 Å². The molecule has 3 aromatic rings. The van der Waals surface area contributed by atoms with E-state index in [0.717, 1.165) is 22.4 Å². The maximum Gasteiger partial charge on any atom is 0.252 e. The molecule has 0 bridgehead atoms. The van der Waals surface area contributed by atoms with E-state index in [1.807, 2.05) is 42.5 Å². The number of halogens is 1. The Morgan fingerprint density at radius 2 is 1.92 bits per heavy atom. The van der Waals surface area contributed by atoms with E-state index >= 15 is 0 Å². The summed E-state index contributed by atoms with van der Waals surface area (Å²) < 4.78 is 10.6.